The molecule has 0 saturated heterocycles. The molecule has 3 nitrogen and oxygen atoms in total. The first-order valence-corrected chi connectivity index (χ1v) is 7.47. The summed E-state index contributed by atoms with van der Waals surface area (Å²) in [6.07, 6.45) is 0. The molecule has 116 valence electrons. The normalized spacial score (nSPS) is 11.6. The van der Waals surface area contributed by atoms with E-state index in [1.165, 1.54) is 12.1 Å². The number of para-hydroxylation sites is 1. The standard InChI is InChI=1S/C17H19FN2OS/c1-12-5-3-4-6-16(12)21-11-13(2)19-17(22)20-15-9-7-14(18)8-10-15/h3-10,13H,11H2,1-2H3,(H2,19,20,22)/t13-/m0/s1. The number of ether oxygens (including phenoxy) is 1. The molecule has 2 rings (SSSR count). The van der Waals surface area contributed by atoms with Crippen molar-refractivity contribution < 1.29 is 9.13 Å². The highest BCUT2D eigenvalue weighted by Gasteiger charge is 2.06. The van der Waals surface area contributed by atoms with Crippen molar-refractivity contribution in [2.45, 2.75) is 19.9 Å². The van der Waals surface area contributed by atoms with Crippen molar-refractivity contribution in [3.63, 3.8) is 0 Å². The number of nitrogens with one attached hydrogen (secondary N) is 2. The molecule has 0 saturated carbocycles. The molecule has 1 atom stereocenters. The predicted molar refractivity (Wildman–Crippen MR) is 91.9 cm³/mol. The number of rotatable bonds is 5. The highest BCUT2D eigenvalue weighted by Crippen LogP contribution is 2.16. The molecule has 0 heterocycles. The van der Waals surface area contributed by atoms with Gasteiger partial charge in [-0.05, 0) is 62.0 Å². The van der Waals surface area contributed by atoms with Gasteiger partial charge in [-0.25, -0.2) is 4.39 Å². The van der Waals surface area contributed by atoms with Gasteiger partial charge in [0, 0.05) is 5.69 Å². The zero-order valence-electron chi connectivity index (χ0n) is 12.6. The molecule has 2 aromatic rings. The minimum Gasteiger partial charge on any atom is -0.491 e. The van der Waals surface area contributed by atoms with E-state index in [0.717, 1.165) is 17.0 Å². The largest absolute Gasteiger partial charge is 0.491 e. The molecular formula is C17H19FN2OS. The molecule has 0 spiro atoms. The summed E-state index contributed by atoms with van der Waals surface area (Å²) in [7, 11) is 0. The summed E-state index contributed by atoms with van der Waals surface area (Å²) < 4.78 is 18.6. The lowest BCUT2D eigenvalue weighted by Crippen LogP contribution is -2.39. The van der Waals surface area contributed by atoms with Crippen LogP contribution in [0.1, 0.15) is 12.5 Å². The van der Waals surface area contributed by atoms with Gasteiger partial charge in [-0.15, -0.1) is 0 Å². The number of benzene rings is 2. The van der Waals surface area contributed by atoms with Crippen molar-refractivity contribution in [2.75, 3.05) is 11.9 Å². The minimum atomic E-state index is -0.274. The second kappa shape index (κ2) is 7.75. The van der Waals surface area contributed by atoms with Crippen LogP contribution in [0.3, 0.4) is 0 Å². The van der Waals surface area contributed by atoms with Crippen LogP contribution in [0.5, 0.6) is 5.75 Å². The van der Waals surface area contributed by atoms with Crippen molar-refractivity contribution in [1.29, 1.82) is 0 Å². The lowest BCUT2D eigenvalue weighted by atomic mass is 10.2. The Morgan fingerprint density at radius 3 is 2.55 bits per heavy atom. The molecule has 0 aliphatic carbocycles. The number of hydrogen-bond acceptors (Lipinski definition) is 2. The Bertz CT molecular complexity index is 631. The van der Waals surface area contributed by atoms with Crippen LogP contribution in [-0.2, 0) is 0 Å². The summed E-state index contributed by atoms with van der Waals surface area (Å²) in [6.45, 7) is 4.49. The van der Waals surface area contributed by atoms with E-state index in [-0.39, 0.29) is 11.9 Å². The number of aryl methyl sites for hydroxylation is 1. The average molecular weight is 318 g/mol. The molecular weight excluding hydrogens is 299 g/mol. The van der Waals surface area contributed by atoms with Crippen molar-refractivity contribution in [1.82, 2.24) is 5.32 Å². The number of thiocarbonyl (C=S) groups is 1. The van der Waals surface area contributed by atoms with Gasteiger partial charge >= 0.3 is 0 Å². The zero-order chi connectivity index (χ0) is 15.9. The number of hydrogen-bond donors (Lipinski definition) is 2. The molecule has 2 N–H and O–H groups in total. The maximum Gasteiger partial charge on any atom is 0.171 e. The first-order chi connectivity index (χ1) is 10.5. The van der Waals surface area contributed by atoms with Crippen molar-refractivity contribution >= 4 is 23.0 Å². The van der Waals surface area contributed by atoms with Gasteiger partial charge in [-0.3, -0.25) is 0 Å². The SMILES string of the molecule is Cc1ccccc1OC[C@H](C)NC(=S)Nc1ccc(F)cc1. The van der Waals surface area contributed by atoms with Gasteiger partial charge in [0.15, 0.2) is 5.11 Å². The Morgan fingerprint density at radius 2 is 1.86 bits per heavy atom. The summed E-state index contributed by atoms with van der Waals surface area (Å²) in [6, 6.07) is 14.0. The summed E-state index contributed by atoms with van der Waals surface area (Å²) in [4.78, 5) is 0. The van der Waals surface area contributed by atoms with E-state index in [1.807, 2.05) is 38.1 Å². The fourth-order valence-corrected chi connectivity index (χ4v) is 2.22. The molecule has 0 bridgehead atoms. The summed E-state index contributed by atoms with van der Waals surface area (Å²) >= 11 is 5.23. The smallest absolute Gasteiger partial charge is 0.171 e. The summed E-state index contributed by atoms with van der Waals surface area (Å²) in [5.41, 5.74) is 1.84. The lowest BCUT2D eigenvalue weighted by Gasteiger charge is -2.18. The highest BCUT2D eigenvalue weighted by atomic mass is 32.1. The van der Waals surface area contributed by atoms with Gasteiger partial charge in [0.1, 0.15) is 18.2 Å². The minimum absolute atomic E-state index is 0.0417. The van der Waals surface area contributed by atoms with E-state index in [9.17, 15) is 4.39 Å². The van der Waals surface area contributed by atoms with Crippen LogP contribution in [-0.4, -0.2) is 17.8 Å². The van der Waals surface area contributed by atoms with E-state index >= 15 is 0 Å². The van der Waals surface area contributed by atoms with E-state index < -0.39 is 0 Å². The molecule has 0 amide bonds. The fourth-order valence-electron chi connectivity index (χ4n) is 1.90. The Kier molecular flexibility index (Phi) is 5.72. The third-order valence-corrected chi connectivity index (χ3v) is 3.28. The molecule has 0 unspecified atom stereocenters. The van der Waals surface area contributed by atoms with Crippen LogP contribution in [0.25, 0.3) is 0 Å². The van der Waals surface area contributed by atoms with E-state index in [4.69, 9.17) is 17.0 Å². The fraction of sp³-hybridized carbons (Fsp3) is 0.235. The van der Waals surface area contributed by atoms with Crippen LogP contribution in [0.2, 0.25) is 0 Å². The molecule has 0 aliphatic heterocycles. The molecule has 0 radical (unpaired) electrons. The van der Waals surface area contributed by atoms with Gasteiger partial charge < -0.3 is 15.4 Å². The van der Waals surface area contributed by atoms with Crippen LogP contribution < -0.4 is 15.4 Å². The Hall–Kier alpha value is -2.14. The lowest BCUT2D eigenvalue weighted by molar-refractivity contribution is 0.285. The molecule has 0 aromatic heterocycles. The summed E-state index contributed by atoms with van der Waals surface area (Å²) in [5.74, 6) is 0.595. The number of anilines is 1. The molecule has 0 fully saturated rings. The Balaban J connectivity index is 1.79. The second-order valence-corrected chi connectivity index (χ2v) is 5.49. The van der Waals surface area contributed by atoms with Gasteiger partial charge in [-0.2, -0.15) is 0 Å². The molecule has 22 heavy (non-hydrogen) atoms. The molecule has 5 heteroatoms. The van der Waals surface area contributed by atoms with Gasteiger partial charge in [0.2, 0.25) is 0 Å². The Labute approximate surface area is 135 Å². The molecule has 0 aliphatic rings. The predicted octanol–water partition coefficient (Wildman–Crippen LogP) is 3.89. The van der Waals surface area contributed by atoms with Crippen LogP contribution in [0, 0.1) is 12.7 Å². The van der Waals surface area contributed by atoms with E-state index in [1.54, 1.807) is 12.1 Å². The molecule has 2 aromatic carbocycles. The third-order valence-electron chi connectivity index (χ3n) is 3.06. The van der Waals surface area contributed by atoms with Gasteiger partial charge in [-0.1, -0.05) is 18.2 Å². The number of halogens is 1. The van der Waals surface area contributed by atoms with E-state index in [0.29, 0.717) is 11.7 Å². The average Bonchev–Trinajstić information content (AvgIpc) is 2.49. The Morgan fingerprint density at radius 1 is 1.18 bits per heavy atom. The second-order valence-electron chi connectivity index (χ2n) is 5.08. The maximum absolute atomic E-state index is 12.8. The quantitative estimate of drug-likeness (QED) is 0.820. The highest BCUT2D eigenvalue weighted by molar-refractivity contribution is 7.80. The van der Waals surface area contributed by atoms with Gasteiger partial charge in [0.05, 0.1) is 6.04 Å². The summed E-state index contributed by atoms with van der Waals surface area (Å²) in [5, 5.41) is 6.62. The third kappa shape index (κ3) is 5.00. The monoisotopic (exact) mass is 318 g/mol. The van der Waals surface area contributed by atoms with Crippen molar-refractivity contribution in [3.8, 4) is 5.75 Å². The first kappa shape index (κ1) is 16.2. The van der Waals surface area contributed by atoms with E-state index in [2.05, 4.69) is 10.6 Å². The van der Waals surface area contributed by atoms with Crippen LogP contribution in [0.4, 0.5) is 10.1 Å². The first-order valence-electron chi connectivity index (χ1n) is 7.06. The van der Waals surface area contributed by atoms with Gasteiger partial charge in [0.25, 0.3) is 0 Å². The topological polar surface area (TPSA) is 33.3 Å². The van der Waals surface area contributed by atoms with Crippen LogP contribution in [0.15, 0.2) is 48.5 Å². The van der Waals surface area contributed by atoms with Crippen molar-refractivity contribution in [3.05, 3.63) is 59.9 Å². The van der Waals surface area contributed by atoms with Crippen LogP contribution >= 0.6 is 12.2 Å². The zero-order valence-corrected chi connectivity index (χ0v) is 13.4. The maximum atomic E-state index is 12.8. The van der Waals surface area contributed by atoms with Crippen molar-refractivity contribution in [2.24, 2.45) is 0 Å².